The molecule has 20 heavy (non-hydrogen) atoms. The normalized spacial score (nSPS) is 10.6. The van der Waals surface area contributed by atoms with Crippen molar-refractivity contribution in [3.05, 3.63) is 32.6 Å². The maximum Gasteiger partial charge on any atom is 0.330 e. The van der Waals surface area contributed by atoms with Crippen LogP contribution < -0.4 is 21.9 Å². The summed E-state index contributed by atoms with van der Waals surface area (Å²) in [5.41, 5.74) is -0.155. The smallest absolute Gasteiger partial charge is 0.330 e. The SMILES string of the molecule is CCCNC(=O)CCNCc1cn(C)c(=O)n(C)c1=O. The number of rotatable bonds is 7. The molecule has 112 valence electrons. The molecule has 1 aromatic rings. The molecule has 0 aromatic carbocycles. The summed E-state index contributed by atoms with van der Waals surface area (Å²) in [5.74, 6) is -0.00675. The first kappa shape index (κ1) is 16.2. The number of nitrogens with zero attached hydrogens (tertiary/aromatic N) is 2. The minimum atomic E-state index is -0.349. The van der Waals surface area contributed by atoms with Crippen molar-refractivity contribution < 1.29 is 4.79 Å². The standard InChI is InChI=1S/C13H22N4O3/c1-4-6-15-11(18)5-7-14-8-10-9-16(2)13(20)17(3)12(10)19/h9,14H,4-8H2,1-3H3,(H,15,18). The zero-order valence-corrected chi connectivity index (χ0v) is 12.2. The topological polar surface area (TPSA) is 85.1 Å². The van der Waals surface area contributed by atoms with Gasteiger partial charge in [-0.1, -0.05) is 6.92 Å². The van der Waals surface area contributed by atoms with E-state index < -0.39 is 0 Å². The Labute approximate surface area is 117 Å². The molecule has 0 aliphatic carbocycles. The van der Waals surface area contributed by atoms with Crippen LogP contribution in [0.5, 0.6) is 0 Å². The predicted molar refractivity (Wildman–Crippen MR) is 76.5 cm³/mol. The van der Waals surface area contributed by atoms with Gasteiger partial charge in [-0.15, -0.1) is 0 Å². The highest BCUT2D eigenvalue weighted by atomic mass is 16.2. The number of hydrogen-bond acceptors (Lipinski definition) is 4. The third-order valence-corrected chi connectivity index (χ3v) is 2.93. The summed E-state index contributed by atoms with van der Waals surface area (Å²) in [6.45, 7) is 3.50. The molecule has 0 saturated heterocycles. The molecule has 1 aromatic heterocycles. The molecule has 2 N–H and O–H groups in total. The highest BCUT2D eigenvalue weighted by Gasteiger charge is 2.06. The highest BCUT2D eigenvalue weighted by molar-refractivity contribution is 5.75. The van der Waals surface area contributed by atoms with E-state index in [0.29, 0.717) is 31.6 Å². The average Bonchev–Trinajstić information content (AvgIpc) is 2.44. The number of hydrogen-bond donors (Lipinski definition) is 2. The summed E-state index contributed by atoms with van der Waals surface area (Å²) < 4.78 is 2.44. The first-order chi connectivity index (χ1) is 9.47. The lowest BCUT2D eigenvalue weighted by atomic mass is 10.3. The molecule has 0 aliphatic rings. The fourth-order valence-electron chi connectivity index (χ4n) is 1.78. The maximum atomic E-state index is 11.8. The number of amides is 1. The van der Waals surface area contributed by atoms with Crippen molar-refractivity contribution in [2.75, 3.05) is 13.1 Å². The van der Waals surface area contributed by atoms with Crippen LogP contribution in [0.4, 0.5) is 0 Å². The third-order valence-electron chi connectivity index (χ3n) is 2.93. The van der Waals surface area contributed by atoms with Crippen molar-refractivity contribution in [1.29, 1.82) is 0 Å². The highest BCUT2D eigenvalue weighted by Crippen LogP contribution is 1.88. The second kappa shape index (κ2) is 7.64. The van der Waals surface area contributed by atoms with E-state index in [-0.39, 0.29) is 17.2 Å². The fourth-order valence-corrected chi connectivity index (χ4v) is 1.78. The molecular weight excluding hydrogens is 260 g/mol. The molecule has 0 spiro atoms. The van der Waals surface area contributed by atoms with Gasteiger partial charge in [0.05, 0.1) is 0 Å². The molecular formula is C13H22N4O3. The Bertz CT molecular complexity index is 574. The summed E-state index contributed by atoms with van der Waals surface area (Å²) in [7, 11) is 3.05. The van der Waals surface area contributed by atoms with Crippen LogP contribution in [0.15, 0.2) is 15.8 Å². The summed E-state index contributed by atoms with van der Waals surface area (Å²) >= 11 is 0. The minimum absolute atomic E-state index is 0.00675. The van der Waals surface area contributed by atoms with Gasteiger partial charge >= 0.3 is 5.69 Å². The first-order valence-corrected chi connectivity index (χ1v) is 6.70. The van der Waals surface area contributed by atoms with Gasteiger partial charge in [-0.3, -0.25) is 14.2 Å². The number of nitrogens with one attached hydrogen (secondary N) is 2. The summed E-state index contributed by atoms with van der Waals surface area (Å²) in [6, 6.07) is 0. The third kappa shape index (κ3) is 4.34. The fraction of sp³-hybridized carbons (Fsp3) is 0.615. The Balaban J connectivity index is 2.49. The molecule has 0 radical (unpaired) electrons. The van der Waals surface area contributed by atoms with Gasteiger partial charge in [0, 0.05) is 51.9 Å². The Kier molecular flexibility index (Phi) is 6.17. The molecule has 7 nitrogen and oxygen atoms in total. The molecule has 0 fully saturated rings. The van der Waals surface area contributed by atoms with Crippen LogP contribution in [0.3, 0.4) is 0 Å². The van der Waals surface area contributed by atoms with Crippen LogP contribution in [0, 0.1) is 0 Å². The van der Waals surface area contributed by atoms with Crippen LogP contribution in [-0.4, -0.2) is 28.1 Å². The van der Waals surface area contributed by atoms with Crippen molar-refractivity contribution in [2.45, 2.75) is 26.3 Å². The molecule has 0 unspecified atom stereocenters. The molecule has 0 aliphatic heterocycles. The minimum Gasteiger partial charge on any atom is -0.356 e. The second-order valence-electron chi connectivity index (χ2n) is 4.69. The number of carbonyl (C=O) groups excluding carboxylic acids is 1. The van der Waals surface area contributed by atoms with Crippen LogP contribution in [-0.2, 0) is 25.4 Å². The largest absolute Gasteiger partial charge is 0.356 e. The number of carbonyl (C=O) groups is 1. The van der Waals surface area contributed by atoms with E-state index in [2.05, 4.69) is 10.6 Å². The molecule has 0 atom stereocenters. The van der Waals surface area contributed by atoms with Crippen molar-refractivity contribution in [1.82, 2.24) is 19.8 Å². The molecule has 1 amide bonds. The summed E-state index contributed by atoms with van der Waals surface area (Å²) in [4.78, 5) is 34.7. The van der Waals surface area contributed by atoms with E-state index in [0.717, 1.165) is 11.0 Å². The van der Waals surface area contributed by atoms with Gasteiger partial charge in [0.1, 0.15) is 0 Å². The molecule has 1 rings (SSSR count). The Morgan fingerprint density at radius 1 is 1.25 bits per heavy atom. The van der Waals surface area contributed by atoms with E-state index in [1.54, 1.807) is 7.05 Å². The number of aryl methyl sites for hydroxylation is 1. The van der Waals surface area contributed by atoms with Crippen molar-refractivity contribution in [3.63, 3.8) is 0 Å². The molecule has 7 heteroatoms. The second-order valence-corrected chi connectivity index (χ2v) is 4.69. The maximum absolute atomic E-state index is 11.8. The van der Waals surface area contributed by atoms with Gasteiger partial charge in [-0.25, -0.2) is 4.79 Å². The zero-order chi connectivity index (χ0) is 15.1. The average molecular weight is 282 g/mol. The van der Waals surface area contributed by atoms with Gasteiger partial charge < -0.3 is 15.2 Å². The van der Waals surface area contributed by atoms with E-state index in [4.69, 9.17) is 0 Å². The summed E-state index contributed by atoms with van der Waals surface area (Å²) in [5, 5.41) is 5.81. The molecule has 1 heterocycles. The lowest BCUT2D eigenvalue weighted by molar-refractivity contribution is -0.120. The lowest BCUT2D eigenvalue weighted by Gasteiger charge is -2.08. The van der Waals surface area contributed by atoms with Gasteiger partial charge in [-0.05, 0) is 6.42 Å². The Morgan fingerprint density at radius 3 is 2.60 bits per heavy atom. The van der Waals surface area contributed by atoms with Crippen LogP contribution in [0.2, 0.25) is 0 Å². The molecule has 0 bridgehead atoms. The number of aromatic nitrogens is 2. The van der Waals surface area contributed by atoms with E-state index in [9.17, 15) is 14.4 Å². The summed E-state index contributed by atoms with van der Waals surface area (Å²) in [6.07, 6.45) is 2.80. The van der Waals surface area contributed by atoms with E-state index in [1.807, 2.05) is 6.92 Å². The lowest BCUT2D eigenvalue weighted by Crippen LogP contribution is -2.39. The van der Waals surface area contributed by atoms with E-state index in [1.165, 1.54) is 17.8 Å². The quantitative estimate of drug-likeness (QED) is 0.634. The van der Waals surface area contributed by atoms with Crippen molar-refractivity contribution in [3.8, 4) is 0 Å². The van der Waals surface area contributed by atoms with Crippen molar-refractivity contribution in [2.24, 2.45) is 14.1 Å². The van der Waals surface area contributed by atoms with E-state index >= 15 is 0 Å². The van der Waals surface area contributed by atoms with Crippen LogP contribution >= 0.6 is 0 Å². The van der Waals surface area contributed by atoms with Crippen LogP contribution in [0.1, 0.15) is 25.3 Å². The van der Waals surface area contributed by atoms with Crippen LogP contribution in [0.25, 0.3) is 0 Å². The van der Waals surface area contributed by atoms with Gasteiger partial charge in [0.2, 0.25) is 5.91 Å². The zero-order valence-electron chi connectivity index (χ0n) is 12.2. The monoisotopic (exact) mass is 282 g/mol. The van der Waals surface area contributed by atoms with Gasteiger partial charge in [0.15, 0.2) is 0 Å². The van der Waals surface area contributed by atoms with Gasteiger partial charge in [0.25, 0.3) is 5.56 Å². The Hall–Kier alpha value is -1.89. The molecule has 0 saturated carbocycles. The van der Waals surface area contributed by atoms with Crippen molar-refractivity contribution >= 4 is 5.91 Å². The Morgan fingerprint density at radius 2 is 1.95 bits per heavy atom. The van der Waals surface area contributed by atoms with Gasteiger partial charge in [-0.2, -0.15) is 0 Å². The first-order valence-electron chi connectivity index (χ1n) is 6.70. The predicted octanol–water partition coefficient (Wildman–Crippen LogP) is -0.910.